The third-order valence-electron chi connectivity index (χ3n) is 2.65. The minimum absolute atomic E-state index is 0.107. The number of amidine groups is 1. The number of carbonyl (C=O) groups excluding carboxylic acids is 1. The molecule has 0 fully saturated rings. The molecule has 0 aliphatic heterocycles. The van der Waals surface area contributed by atoms with Gasteiger partial charge in [0.05, 0.1) is 10.7 Å². The molecule has 0 aliphatic carbocycles. The van der Waals surface area contributed by atoms with Gasteiger partial charge in [0.2, 0.25) is 5.91 Å². The van der Waals surface area contributed by atoms with Crippen molar-refractivity contribution in [2.75, 3.05) is 6.54 Å². The van der Waals surface area contributed by atoms with Gasteiger partial charge in [-0.25, -0.2) is 4.98 Å². The van der Waals surface area contributed by atoms with Crippen LogP contribution in [-0.4, -0.2) is 28.5 Å². The molecule has 0 aromatic carbocycles. The van der Waals surface area contributed by atoms with Crippen LogP contribution in [0.3, 0.4) is 0 Å². The number of aromatic nitrogens is 1. The second kappa shape index (κ2) is 5.81. The van der Waals surface area contributed by atoms with Gasteiger partial charge in [-0.05, 0) is 20.8 Å². The summed E-state index contributed by atoms with van der Waals surface area (Å²) in [4.78, 5) is 16.2. The molecule has 1 aromatic rings. The maximum absolute atomic E-state index is 11.9. The van der Waals surface area contributed by atoms with E-state index in [1.807, 2.05) is 12.3 Å². The summed E-state index contributed by atoms with van der Waals surface area (Å²) >= 11 is 1.58. The molecule has 18 heavy (non-hydrogen) atoms. The zero-order valence-corrected chi connectivity index (χ0v) is 11.5. The highest BCUT2D eigenvalue weighted by Gasteiger charge is 2.32. The molecule has 0 unspecified atom stereocenters. The summed E-state index contributed by atoms with van der Waals surface area (Å²) in [5.74, 6) is -0.380. The second-order valence-corrected chi connectivity index (χ2v) is 5.54. The molecule has 1 amide bonds. The lowest BCUT2D eigenvalue weighted by atomic mass is 9.91. The molecule has 100 valence electrons. The maximum atomic E-state index is 11.9. The van der Waals surface area contributed by atoms with Crippen molar-refractivity contribution in [2.45, 2.75) is 27.2 Å². The zero-order valence-electron chi connectivity index (χ0n) is 10.7. The van der Waals surface area contributed by atoms with Gasteiger partial charge in [0, 0.05) is 18.3 Å². The van der Waals surface area contributed by atoms with Crippen LogP contribution >= 0.6 is 11.3 Å². The van der Waals surface area contributed by atoms with Crippen molar-refractivity contribution in [2.24, 2.45) is 16.3 Å². The summed E-state index contributed by atoms with van der Waals surface area (Å²) in [6.45, 7) is 5.62. The molecular formula is C11H18N4O2S. The second-order valence-electron chi connectivity index (χ2n) is 4.47. The lowest BCUT2D eigenvalue weighted by Gasteiger charge is -2.21. The maximum Gasteiger partial charge on any atom is 0.233 e. The summed E-state index contributed by atoms with van der Waals surface area (Å²) in [5.41, 5.74) is 5.40. The standard InChI is InChI=1S/C11H18N4O2S/c1-7-14-8(6-18-7)4-5-13-10(16)11(2,3)9(12)15-17/h6,17H,4-5H2,1-3H3,(H2,12,15)(H,13,16). The lowest BCUT2D eigenvalue weighted by molar-refractivity contribution is -0.126. The van der Waals surface area contributed by atoms with E-state index in [9.17, 15) is 4.79 Å². The van der Waals surface area contributed by atoms with Gasteiger partial charge >= 0.3 is 0 Å². The van der Waals surface area contributed by atoms with E-state index in [0.717, 1.165) is 10.7 Å². The number of rotatable bonds is 5. The van der Waals surface area contributed by atoms with Crippen LogP contribution in [0.25, 0.3) is 0 Å². The highest BCUT2D eigenvalue weighted by molar-refractivity contribution is 7.09. The van der Waals surface area contributed by atoms with Crippen molar-refractivity contribution in [1.29, 1.82) is 0 Å². The molecule has 1 rings (SSSR count). The van der Waals surface area contributed by atoms with Gasteiger partial charge < -0.3 is 16.3 Å². The van der Waals surface area contributed by atoms with Crippen LogP contribution in [-0.2, 0) is 11.2 Å². The van der Waals surface area contributed by atoms with Crippen LogP contribution < -0.4 is 11.1 Å². The largest absolute Gasteiger partial charge is 0.409 e. The van der Waals surface area contributed by atoms with Crippen LogP contribution in [0.1, 0.15) is 24.5 Å². The SMILES string of the molecule is Cc1nc(CCNC(=O)C(C)(C)C(N)=NO)cs1. The van der Waals surface area contributed by atoms with Gasteiger partial charge in [-0.2, -0.15) is 0 Å². The average molecular weight is 270 g/mol. The van der Waals surface area contributed by atoms with Crippen molar-refractivity contribution >= 4 is 23.1 Å². The van der Waals surface area contributed by atoms with Crippen molar-refractivity contribution < 1.29 is 10.0 Å². The Morgan fingerprint density at radius 3 is 2.83 bits per heavy atom. The first-order valence-electron chi connectivity index (χ1n) is 5.55. The van der Waals surface area contributed by atoms with Gasteiger partial charge in [-0.3, -0.25) is 4.79 Å². The third-order valence-corrected chi connectivity index (χ3v) is 3.47. The van der Waals surface area contributed by atoms with E-state index >= 15 is 0 Å². The van der Waals surface area contributed by atoms with Crippen molar-refractivity contribution in [1.82, 2.24) is 10.3 Å². The average Bonchev–Trinajstić information content (AvgIpc) is 2.73. The molecule has 0 saturated carbocycles. The van der Waals surface area contributed by atoms with Gasteiger partial charge in [-0.15, -0.1) is 11.3 Å². The Morgan fingerprint density at radius 2 is 2.33 bits per heavy atom. The van der Waals surface area contributed by atoms with E-state index in [4.69, 9.17) is 10.9 Å². The van der Waals surface area contributed by atoms with E-state index in [1.165, 1.54) is 0 Å². The number of aryl methyl sites for hydroxylation is 1. The summed E-state index contributed by atoms with van der Waals surface area (Å²) < 4.78 is 0. The fraction of sp³-hybridized carbons (Fsp3) is 0.545. The molecule has 0 aliphatic rings. The summed E-state index contributed by atoms with van der Waals surface area (Å²) in [6, 6.07) is 0. The summed E-state index contributed by atoms with van der Waals surface area (Å²) in [6.07, 6.45) is 0.669. The van der Waals surface area contributed by atoms with Crippen molar-refractivity contribution in [3.63, 3.8) is 0 Å². The smallest absolute Gasteiger partial charge is 0.233 e. The van der Waals surface area contributed by atoms with E-state index in [1.54, 1.807) is 25.2 Å². The number of carbonyl (C=O) groups is 1. The summed E-state index contributed by atoms with van der Waals surface area (Å²) in [7, 11) is 0. The predicted octanol–water partition coefficient (Wildman–Crippen LogP) is 0.883. The molecule has 0 saturated heterocycles. The van der Waals surface area contributed by atoms with Gasteiger partial charge in [0.15, 0.2) is 5.84 Å². The first-order chi connectivity index (χ1) is 8.37. The Labute approximate surface area is 110 Å². The van der Waals surface area contributed by atoms with Gasteiger partial charge in [-0.1, -0.05) is 5.16 Å². The Morgan fingerprint density at radius 1 is 1.67 bits per heavy atom. The van der Waals surface area contributed by atoms with Crippen LogP contribution in [0.5, 0.6) is 0 Å². The zero-order chi connectivity index (χ0) is 13.8. The minimum atomic E-state index is -1.02. The van der Waals surface area contributed by atoms with Crippen molar-refractivity contribution in [3.8, 4) is 0 Å². The molecule has 0 spiro atoms. The number of oxime groups is 1. The lowest BCUT2D eigenvalue weighted by Crippen LogP contribution is -2.46. The molecule has 0 bridgehead atoms. The van der Waals surface area contributed by atoms with E-state index in [2.05, 4.69) is 15.5 Å². The molecule has 6 nitrogen and oxygen atoms in total. The molecule has 7 heteroatoms. The van der Waals surface area contributed by atoms with E-state index in [0.29, 0.717) is 13.0 Å². The fourth-order valence-electron chi connectivity index (χ4n) is 1.29. The summed E-state index contributed by atoms with van der Waals surface area (Å²) in [5, 5.41) is 17.2. The van der Waals surface area contributed by atoms with Crippen LogP contribution in [0, 0.1) is 12.3 Å². The Kier molecular flexibility index (Phi) is 4.66. The Hall–Kier alpha value is -1.63. The number of nitrogens with one attached hydrogen (secondary N) is 1. The van der Waals surface area contributed by atoms with Gasteiger partial charge in [0.25, 0.3) is 0 Å². The molecule has 1 aromatic heterocycles. The first-order valence-corrected chi connectivity index (χ1v) is 6.43. The monoisotopic (exact) mass is 270 g/mol. The van der Waals surface area contributed by atoms with Crippen molar-refractivity contribution in [3.05, 3.63) is 16.1 Å². The Bertz CT molecular complexity index is 454. The molecule has 4 N–H and O–H groups in total. The minimum Gasteiger partial charge on any atom is -0.409 e. The topological polar surface area (TPSA) is 101 Å². The van der Waals surface area contributed by atoms with Crippen LogP contribution in [0.15, 0.2) is 10.5 Å². The molecule has 0 radical (unpaired) electrons. The number of hydrogen-bond acceptors (Lipinski definition) is 5. The number of nitrogens with two attached hydrogens (primary N) is 1. The van der Waals surface area contributed by atoms with Crippen LogP contribution in [0.4, 0.5) is 0 Å². The molecule has 0 atom stereocenters. The Balaban J connectivity index is 2.47. The highest BCUT2D eigenvalue weighted by atomic mass is 32.1. The number of nitrogens with zero attached hydrogens (tertiary/aromatic N) is 2. The normalized spacial score (nSPS) is 12.5. The molecular weight excluding hydrogens is 252 g/mol. The molecule has 1 heterocycles. The number of amides is 1. The quantitative estimate of drug-likeness (QED) is 0.320. The predicted molar refractivity (Wildman–Crippen MR) is 70.8 cm³/mol. The third kappa shape index (κ3) is 3.43. The first kappa shape index (κ1) is 14.4. The van der Waals surface area contributed by atoms with E-state index < -0.39 is 5.41 Å². The van der Waals surface area contributed by atoms with Gasteiger partial charge in [0.1, 0.15) is 5.41 Å². The van der Waals surface area contributed by atoms with E-state index in [-0.39, 0.29) is 11.7 Å². The number of hydrogen-bond donors (Lipinski definition) is 3. The highest BCUT2D eigenvalue weighted by Crippen LogP contribution is 2.15. The fourth-order valence-corrected chi connectivity index (χ4v) is 1.94. The number of thiazole rings is 1. The van der Waals surface area contributed by atoms with Crippen LogP contribution in [0.2, 0.25) is 0 Å².